The zero-order valence-corrected chi connectivity index (χ0v) is 17.9. The van der Waals surface area contributed by atoms with Crippen LogP contribution in [0, 0.1) is 13.8 Å². The number of amides is 1. The van der Waals surface area contributed by atoms with Gasteiger partial charge in [0.05, 0.1) is 9.79 Å². The molecule has 0 atom stereocenters. The molecule has 0 bridgehead atoms. The summed E-state index contributed by atoms with van der Waals surface area (Å²) in [7, 11) is -7.94. The molecule has 156 valence electrons. The van der Waals surface area contributed by atoms with Crippen molar-refractivity contribution >= 4 is 31.6 Å². The number of carbonyl (C=O) groups is 1. The van der Waals surface area contributed by atoms with Crippen molar-refractivity contribution < 1.29 is 21.6 Å². The molecule has 0 aromatic heterocycles. The fourth-order valence-corrected chi connectivity index (χ4v) is 5.10. The van der Waals surface area contributed by atoms with Crippen molar-refractivity contribution in [2.75, 3.05) is 4.72 Å². The molecule has 0 aliphatic carbocycles. The van der Waals surface area contributed by atoms with Gasteiger partial charge in [-0.3, -0.25) is 9.52 Å². The zero-order valence-electron chi connectivity index (χ0n) is 16.3. The minimum atomic E-state index is -4.11. The van der Waals surface area contributed by atoms with Crippen molar-refractivity contribution in [2.24, 2.45) is 0 Å². The summed E-state index contributed by atoms with van der Waals surface area (Å²) in [6.45, 7) is 3.57. The van der Waals surface area contributed by atoms with E-state index in [-0.39, 0.29) is 21.0 Å². The lowest BCUT2D eigenvalue weighted by molar-refractivity contribution is 0.0981. The van der Waals surface area contributed by atoms with Crippen molar-refractivity contribution in [3.8, 4) is 0 Å². The number of benzene rings is 3. The molecular formula is C21H20N2O5S2. The lowest BCUT2D eigenvalue weighted by Gasteiger charge is -2.12. The van der Waals surface area contributed by atoms with Gasteiger partial charge in [0, 0.05) is 11.3 Å². The predicted molar refractivity (Wildman–Crippen MR) is 114 cm³/mol. The van der Waals surface area contributed by atoms with Gasteiger partial charge in [-0.2, -0.15) is 0 Å². The second kappa shape index (κ2) is 8.29. The third-order valence-corrected chi connectivity index (χ3v) is 7.19. The van der Waals surface area contributed by atoms with Crippen LogP contribution < -0.4 is 9.44 Å². The highest BCUT2D eigenvalue weighted by Crippen LogP contribution is 2.21. The molecule has 0 saturated carbocycles. The Kier molecular flexibility index (Phi) is 5.95. The first-order valence-electron chi connectivity index (χ1n) is 8.91. The number of sulfonamides is 2. The second-order valence-corrected chi connectivity index (χ2v) is 10.0. The number of hydrogen-bond acceptors (Lipinski definition) is 5. The van der Waals surface area contributed by atoms with Crippen LogP contribution in [0.1, 0.15) is 21.5 Å². The second-order valence-electron chi connectivity index (χ2n) is 6.70. The molecule has 3 rings (SSSR count). The van der Waals surface area contributed by atoms with Crippen LogP contribution in [0.4, 0.5) is 5.69 Å². The van der Waals surface area contributed by atoms with Crippen LogP contribution in [0.15, 0.2) is 82.6 Å². The molecule has 0 aliphatic rings. The van der Waals surface area contributed by atoms with Crippen LogP contribution in [0.25, 0.3) is 0 Å². The SMILES string of the molecule is Cc1ccc(S(=O)(=O)Nc2ccc(S(=O)(=O)NC(=O)c3ccccc3)cc2)c(C)c1. The fourth-order valence-electron chi connectivity index (χ4n) is 2.84. The van der Waals surface area contributed by atoms with Gasteiger partial charge in [0.15, 0.2) is 0 Å². The van der Waals surface area contributed by atoms with Crippen molar-refractivity contribution in [3.63, 3.8) is 0 Å². The average Bonchev–Trinajstić information content (AvgIpc) is 2.68. The maximum atomic E-state index is 12.6. The zero-order chi connectivity index (χ0) is 21.9. The first-order chi connectivity index (χ1) is 14.1. The number of anilines is 1. The summed E-state index contributed by atoms with van der Waals surface area (Å²) < 4.78 is 54.6. The Morgan fingerprint density at radius 2 is 1.40 bits per heavy atom. The Bertz CT molecular complexity index is 1280. The molecule has 0 fully saturated rings. The van der Waals surface area contributed by atoms with Crippen LogP contribution in [-0.2, 0) is 20.0 Å². The fraction of sp³-hybridized carbons (Fsp3) is 0.0952. The first kappa shape index (κ1) is 21.5. The summed E-state index contributed by atoms with van der Waals surface area (Å²) in [6.07, 6.45) is 0. The van der Waals surface area contributed by atoms with E-state index in [2.05, 4.69) is 4.72 Å². The largest absolute Gasteiger partial charge is 0.280 e. The third kappa shape index (κ3) is 4.87. The molecule has 30 heavy (non-hydrogen) atoms. The maximum Gasteiger partial charge on any atom is 0.264 e. The van der Waals surface area contributed by atoms with Crippen LogP contribution in [0.2, 0.25) is 0 Å². The monoisotopic (exact) mass is 444 g/mol. The third-order valence-electron chi connectivity index (χ3n) is 4.30. The van der Waals surface area contributed by atoms with E-state index in [1.165, 1.54) is 42.5 Å². The molecule has 7 nitrogen and oxygen atoms in total. The number of rotatable bonds is 6. The molecule has 1 amide bonds. The van der Waals surface area contributed by atoms with Gasteiger partial charge in [0.25, 0.3) is 26.0 Å². The molecule has 2 N–H and O–H groups in total. The quantitative estimate of drug-likeness (QED) is 0.607. The highest BCUT2D eigenvalue weighted by molar-refractivity contribution is 7.92. The Morgan fingerprint density at radius 1 is 0.767 bits per heavy atom. The normalized spacial score (nSPS) is 11.7. The van der Waals surface area contributed by atoms with Gasteiger partial charge < -0.3 is 0 Å². The molecule has 0 saturated heterocycles. The van der Waals surface area contributed by atoms with Crippen LogP contribution in [0.3, 0.4) is 0 Å². The molecule has 0 radical (unpaired) electrons. The van der Waals surface area contributed by atoms with Crippen LogP contribution in [0.5, 0.6) is 0 Å². The Morgan fingerprint density at radius 3 is 2.00 bits per heavy atom. The van der Waals surface area contributed by atoms with Gasteiger partial charge in [0.1, 0.15) is 0 Å². The van der Waals surface area contributed by atoms with E-state index in [1.807, 2.05) is 11.6 Å². The maximum absolute atomic E-state index is 12.6. The van der Waals surface area contributed by atoms with E-state index in [4.69, 9.17) is 0 Å². The smallest absolute Gasteiger partial charge is 0.264 e. The van der Waals surface area contributed by atoms with Crippen molar-refractivity contribution in [3.05, 3.63) is 89.5 Å². The van der Waals surface area contributed by atoms with Gasteiger partial charge in [-0.15, -0.1) is 0 Å². The highest BCUT2D eigenvalue weighted by atomic mass is 32.2. The summed E-state index contributed by atoms with van der Waals surface area (Å²) in [5.74, 6) is -0.754. The van der Waals surface area contributed by atoms with Gasteiger partial charge in [-0.1, -0.05) is 35.9 Å². The minimum Gasteiger partial charge on any atom is -0.280 e. The Labute approximate surface area is 175 Å². The van der Waals surface area contributed by atoms with E-state index in [0.717, 1.165) is 5.56 Å². The van der Waals surface area contributed by atoms with Gasteiger partial charge in [-0.25, -0.2) is 21.6 Å². The standard InChI is InChI=1S/C21H20N2O5S2/c1-15-8-13-20(16(2)14-15)30(27,28)22-18-9-11-19(12-10-18)29(25,26)23-21(24)17-6-4-3-5-7-17/h3-14,22H,1-2H3,(H,23,24). The predicted octanol–water partition coefficient (Wildman–Crippen LogP) is 3.22. The van der Waals surface area contributed by atoms with E-state index >= 15 is 0 Å². The van der Waals surface area contributed by atoms with Gasteiger partial charge >= 0.3 is 0 Å². The lowest BCUT2D eigenvalue weighted by Crippen LogP contribution is -2.30. The Balaban J connectivity index is 1.78. The molecule has 0 heterocycles. The van der Waals surface area contributed by atoms with Crippen molar-refractivity contribution in [2.45, 2.75) is 23.6 Å². The number of carbonyl (C=O) groups excluding carboxylic acids is 1. The molecule has 3 aromatic carbocycles. The molecule has 0 unspecified atom stereocenters. The summed E-state index contributed by atoms with van der Waals surface area (Å²) >= 11 is 0. The highest BCUT2D eigenvalue weighted by Gasteiger charge is 2.20. The number of aryl methyl sites for hydroxylation is 2. The number of nitrogens with one attached hydrogen (secondary N) is 2. The van der Waals surface area contributed by atoms with E-state index in [9.17, 15) is 21.6 Å². The summed E-state index contributed by atoms with van der Waals surface area (Å²) in [6, 6.07) is 18.0. The van der Waals surface area contributed by atoms with E-state index < -0.39 is 26.0 Å². The van der Waals surface area contributed by atoms with Crippen LogP contribution >= 0.6 is 0 Å². The summed E-state index contributed by atoms with van der Waals surface area (Å²) in [5.41, 5.74) is 1.95. The molecule has 3 aromatic rings. The summed E-state index contributed by atoms with van der Waals surface area (Å²) in [5, 5.41) is 0. The van der Waals surface area contributed by atoms with Gasteiger partial charge in [0.2, 0.25) is 0 Å². The summed E-state index contributed by atoms with van der Waals surface area (Å²) in [4.78, 5) is 12.1. The molecular weight excluding hydrogens is 424 g/mol. The lowest BCUT2D eigenvalue weighted by atomic mass is 10.2. The van der Waals surface area contributed by atoms with Crippen molar-refractivity contribution in [1.29, 1.82) is 0 Å². The molecule has 0 spiro atoms. The molecule has 0 aliphatic heterocycles. The Hall–Kier alpha value is -3.17. The van der Waals surface area contributed by atoms with E-state index in [1.54, 1.807) is 37.3 Å². The topological polar surface area (TPSA) is 109 Å². The van der Waals surface area contributed by atoms with E-state index in [0.29, 0.717) is 5.56 Å². The number of hydrogen-bond donors (Lipinski definition) is 2. The van der Waals surface area contributed by atoms with Gasteiger partial charge in [-0.05, 0) is 61.9 Å². The molecule has 9 heteroatoms. The van der Waals surface area contributed by atoms with Crippen LogP contribution in [-0.4, -0.2) is 22.7 Å². The average molecular weight is 445 g/mol. The van der Waals surface area contributed by atoms with Crippen molar-refractivity contribution in [1.82, 2.24) is 4.72 Å². The minimum absolute atomic E-state index is 0.139. The first-order valence-corrected chi connectivity index (χ1v) is 11.9.